The molecule has 1 aromatic rings. The zero-order valence-corrected chi connectivity index (χ0v) is 11.5. The number of nitrogens with two attached hydrogens (primary N) is 1. The van der Waals surface area contributed by atoms with Gasteiger partial charge in [-0.1, -0.05) is 11.6 Å². The third-order valence-electron chi connectivity index (χ3n) is 3.10. The van der Waals surface area contributed by atoms with Crippen molar-refractivity contribution in [2.24, 2.45) is 11.7 Å². The normalized spacial score (nSPS) is 15.8. The van der Waals surface area contributed by atoms with Crippen molar-refractivity contribution in [1.29, 1.82) is 0 Å². The van der Waals surface area contributed by atoms with Crippen LogP contribution in [0.3, 0.4) is 0 Å². The monoisotopic (exact) mass is 270 g/mol. The number of hydrogen-bond acceptors (Lipinski definition) is 4. The third kappa shape index (κ3) is 3.03. The number of anilines is 1. The summed E-state index contributed by atoms with van der Waals surface area (Å²) in [5.74, 6) is 0.590. The zero-order valence-electron chi connectivity index (χ0n) is 10.7. The highest BCUT2D eigenvalue weighted by Crippen LogP contribution is 2.30. The van der Waals surface area contributed by atoms with E-state index >= 15 is 0 Å². The van der Waals surface area contributed by atoms with Gasteiger partial charge in [-0.05, 0) is 32.6 Å². The smallest absolute Gasteiger partial charge is 0.291 e. The van der Waals surface area contributed by atoms with Gasteiger partial charge in [-0.2, -0.15) is 5.10 Å². The van der Waals surface area contributed by atoms with Gasteiger partial charge in [-0.25, -0.2) is 4.68 Å². The minimum Gasteiger partial charge on any atom is -0.373 e. The van der Waals surface area contributed by atoms with E-state index in [9.17, 15) is 4.79 Å². The third-order valence-corrected chi connectivity index (χ3v) is 3.39. The second kappa shape index (κ2) is 4.90. The van der Waals surface area contributed by atoms with Gasteiger partial charge in [0.1, 0.15) is 5.69 Å². The second-order valence-corrected chi connectivity index (χ2v) is 5.92. The predicted molar refractivity (Wildman–Crippen MR) is 73.0 cm³/mol. The Bertz CT molecular complexity index is 493. The summed E-state index contributed by atoms with van der Waals surface area (Å²) >= 11 is 6.04. The highest BCUT2D eigenvalue weighted by atomic mass is 35.5. The lowest BCUT2D eigenvalue weighted by molar-refractivity contribution is 0.528. The number of hydrogen-bond donors (Lipinski definition) is 2. The molecule has 0 saturated heterocycles. The van der Waals surface area contributed by atoms with Crippen molar-refractivity contribution in [1.82, 2.24) is 9.78 Å². The molecule has 0 radical (unpaired) electrons. The summed E-state index contributed by atoms with van der Waals surface area (Å²) in [6.45, 7) is 4.93. The van der Waals surface area contributed by atoms with E-state index in [0.29, 0.717) is 29.7 Å². The molecule has 6 heteroatoms. The Morgan fingerprint density at radius 2 is 2.28 bits per heavy atom. The standard InChI is InChI=1S/C12H19ClN4O/c1-12(2,7-14)16-10-9(13)5-15-17(11(10)18)6-8-3-4-8/h5,8,16H,3-4,6-7,14H2,1-2H3. The number of nitrogens with one attached hydrogen (secondary N) is 1. The van der Waals surface area contributed by atoms with Crippen LogP contribution < -0.4 is 16.6 Å². The van der Waals surface area contributed by atoms with Crippen LogP contribution >= 0.6 is 11.6 Å². The Kier molecular flexibility index (Phi) is 3.64. The lowest BCUT2D eigenvalue weighted by atomic mass is 10.1. The molecule has 100 valence electrons. The Labute approximate surface area is 111 Å². The first-order valence-corrected chi connectivity index (χ1v) is 6.54. The summed E-state index contributed by atoms with van der Waals surface area (Å²) in [6.07, 6.45) is 3.86. The van der Waals surface area contributed by atoms with Crippen LogP contribution in [-0.4, -0.2) is 21.9 Å². The first-order valence-electron chi connectivity index (χ1n) is 6.17. The van der Waals surface area contributed by atoms with E-state index < -0.39 is 0 Å². The summed E-state index contributed by atoms with van der Waals surface area (Å²) in [4.78, 5) is 12.3. The molecule has 3 N–H and O–H groups in total. The van der Waals surface area contributed by atoms with Crippen LogP contribution in [0.5, 0.6) is 0 Å². The van der Waals surface area contributed by atoms with Crippen molar-refractivity contribution in [3.63, 3.8) is 0 Å². The first-order chi connectivity index (χ1) is 8.43. The predicted octanol–water partition coefficient (Wildman–Crippen LogP) is 1.46. The van der Waals surface area contributed by atoms with Crippen molar-refractivity contribution >= 4 is 17.3 Å². The van der Waals surface area contributed by atoms with Gasteiger partial charge in [-0.15, -0.1) is 0 Å². The molecule has 1 aromatic heterocycles. The van der Waals surface area contributed by atoms with E-state index in [1.54, 1.807) is 0 Å². The van der Waals surface area contributed by atoms with Crippen molar-refractivity contribution in [3.05, 3.63) is 21.6 Å². The maximum absolute atomic E-state index is 12.3. The highest BCUT2D eigenvalue weighted by molar-refractivity contribution is 6.33. The molecule has 5 nitrogen and oxygen atoms in total. The highest BCUT2D eigenvalue weighted by Gasteiger charge is 2.25. The number of rotatable bonds is 5. The largest absolute Gasteiger partial charge is 0.373 e. The summed E-state index contributed by atoms with van der Waals surface area (Å²) in [7, 11) is 0. The van der Waals surface area contributed by atoms with Gasteiger partial charge < -0.3 is 11.1 Å². The fourth-order valence-electron chi connectivity index (χ4n) is 1.65. The molecule has 1 aliphatic rings. The van der Waals surface area contributed by atoms with Gasteiger partial charge in [0.05, 0.1) is 11.2 Å². The lowest BCUT2D eigenvalue weighted by Crippen LogP contribution is -2.42. The molecule has 0 unspecified atom stereocenters. The van der Waals surface area contributed by atoms with E-state index in [1.807, 2.05) is 13.8 Å². The van der Waals surface area contributed by atoms with E-state index in [-0.39, 0.29) is 11.1 Å². The van der Waals surface area contributed by atoms with Crippen LogP contribution in [0.25, 0.3) is 0 Å². The Morgan fingerprint density at radius 3 is 2.83 bits per heavy atom. The molecule has 0 bridgehead atoms. The van der Waals surface area contributed by atoms with Gasteiger partial charge in [0.25, 0.3) is 5.56 Å². The molecule has 0 atom stereocenters. The Hall–Kier alpha value is -1.07. The minimum absolute atomic E-state index is 0.170. The van der Waals surface area contributed by atoms with Crippen LogP contribution in [0.2, 0.25) is 5.02 Å². The van der Waals surface area contributed by atoms with E-state index in [4.69, 9.17) is 17.3 Å². The van der Waals surface area contributed by atoms with E-state index in [2.05, 4.69) is 10.4 Å². The molecule has 18 heavy (non-hydrogen) atoms. The van der Waals surface area contributed by atoms with Gasteiger partial charge in [0.15, 0.2) is 0 Å². The van der Waals surface area contributed by atoms with E-state index in [0.717, 1.165) is 0 Å². The van der Waals surface area contributed by atoms with Gasteiger partial charge in [0.2, 0.25) is 0 Å². The van der Waals surface area contributed by atoms with Gasteiger partial charge in [-0.3, -0.25) is 4.79 Å². The Morgan fingerprint density at radius 1 is 1.61 bits per heavy atom. The van der Waals surface area contributed by atoms with E-state index in [1.165, 1.54) is 23.7 Å². The molecule has 1 heterocycles. The fourth-order valence-corrected chi connectivity index (χ4v) is 1.82. The SMILES string of the molecule is CC(C)(CN)Nc1c(Cl)cnn(CC2CC2)c1=O. The topological polar surface area (TPSA) is 72.9 Å². The average molecular weight is 271 g/mol. The molecule has 1 fully saturated rings. The fraction of sp³-hybridized carbons (Fsp3) is 0.667. The number of nitrogens with zero attached hydrogens (tertiary/aromatic N) is 2. The van der Waals surface area contributed by atoms with Crippen molar-refractivity contribution < 1.29 is 0 Å². The Balaban J connectivity index is 2.30. The number of halogens is 1. The summed E-state index contributed by atoms with van der Waals surface area (Å²) in [6, 6.07) is 0. The first kappa shape index (κ1) is 13.4. The lowest BCUT2D eigenvalue weighted by Gasteiger charge is -2.25. The quantitative estimate of drug-likeness (QED) is 0.850. The molecule has 0 spiro atoms. The van der Waals surface area contributed by atoms with Crippen LogP contribution in [0.15, 0.2) is 11.0 Å². The molecular formula is C12H19ClN4O. The van der Waals surface area contributed by atoms with Crippen LogP contribution in [0.1, 0.15) is 26.7 Å². The second-order valence-electron chi connectivity index (χ2n) is 5.51. The molecule has 0 aliphatic heterocycles. The molecule has 2 rings (SSSR count). The summed E-state index contributed by atoms with van der Waals surface area (Å²) in [5.41, 5.74) is 5.50. The molecular weight excluding hydrogens is 252 g/mol. The van der Waals surface area contributed by atoms with Crippen molar-refractivity contribution in [2.75, 3.05) is 11.9 Å². The maximum atomic E-state index is 12.3. The zero-order chi connectivity index (χ0) is 13.3. The summed E-state index contributed by atoms with van der Waals surface area (Å²) < 4.78 is 1.48. The average Bonchev–Trinajstić information content (AvgIpc) is 3.12. The van der Waals surface area contributed by atoms with Crippen molar-refractivity contribution in [2.45, 2.75) is 38.8 Å². The van der Waals surface area contributed by atoms with Crippen LogP contribution in [0.4, 0.5) is 5.69 Å². The maximum Gasteiger partial charge on any atom is 0.291 e. The van der Waals surface area contributed by atoms with Gasteiger partial charge >= 0.3 is 0 Å². The number of aromatic nitrogens is 2. The van der Waals surface area contributed by atoms with Gasteiger partial charge in [0, 0.05) is 18.6 Å². The van der Waals surface area contributed by atoms with Crippen LogP contribution in [-0.2, 0) is 6.54 Å². The molecule has 0 aromatic carbocycles. The molecule has 1 aliphatic carbocycles. The minimum atomic E-state index is -0.373. The molecule has 0 amide bonds. The summed E-state index contributed by atoms with van der Waals surface area (Å²) in [5, 5.41) is 7.52. The molecule has 1 saturated carbocycles. The van der Waals surface area contributed by atoms with Crippen LogP contribution in [0, 0.1) is 5.92 Å². The van der Waals surface area contributed by atoms with Crippen molar-refractivity contribution in [3.8, 4) is 0 Å².